The Labute approximate surface area is 120 Å². The van der Waals surface area contributed by atoms with Crippen LogP contribution < -0.4 is 0 Å². The summed E-state index contributed by atoms with van der Waals surface area (Å²) in [6.07, 6.45) is 4.64. The van der Waals surface area contributed by atoms with Gasteiger partial charge in [-0.3, -0.25) is 4.99 Å². The second-order valence-corrected chi connectivity index (χ2v) is 5.94. The van der Waals surface area contributed by atoms with Crippen molar-refractivity contribution in [3.63, 3.8) is 0 Å². The fourth-order valence-corrected chi connectivity index (χ4v) is 3.13. The molecule has 0 unspecified atom stereocenters. The Morgan fingerprint density at radius 3 is 3.00 bits per heavy atom. The number of unbranched alkanes of at least 4 members (excludes halogenated alkanes) is 1. The molecule has 0 bridgehead atoms. The van der Waals surface area contributed by atoms with Crippen LogP contribution in [0.15, 0.2) is 29.3 Å². The Kier molecular flexibility index (Phi) is 3.36. The lowest BCUT2D eigenvalue weighted by molar-refractivity contribution is -0.156. The van der Waals surface area contributed by atoms with E-state index in [0.29, 0.717) is 0 Å². The molecular weight excluding hydrogens is 250 g/mol. The summed E-state index contributed by atoms with van der Waals surface area (Å²) < 4.78 is 5.77. The van der Waals surface area contributed by atoms with Gasteiger partial charge in [0.2, 0.25) is 0 Å². The van der Waals surface area contributed by atoms with E-state index in [4.69, 9.17) is 9.73 Å². The van der Waals surface area contributed by atoms with Crippen LogP contribution in [-0.4, -0.2) is 23.3 Å². The zero-order chi connectivity index (χ0) is 14.2. The first-order valence-electron chi connectivity index (χ1n) is 7.53. The first-order chi connectivity index (χ1) is 9.64. The highest BCUT2D eigenvalue weighted by Crippen LogP contribution is 2.35. The highest BCUT2D eigenvalue weighted by atomic mass is 16.6. The van der Waals surface area contributed by atoms with E-state index in [2.05, 4.69) is 25.1 Å². The largest absolute Gasteiger partial charge is 0.451 e. The third-order valence-electron chi connectivity index (χ3n) is 4.36. The maximum absolute atomic E-state index is 12.1. The molecule has 1 aromatic rings. The lowest BCUT2D eigenvalue weighted by Crippen LogP contribution is -2.50. The number of aliphatic imine (C=N–C) groups is 1. The Morgan fingerprint density at radius 2 is 2.20 bits per heavy atom. The number of benzene rings is 1. The van der Waals surface area contributed by atoms with Gasteiger partial charge >= 0.3 is 5.97 Å². The molecule has 1 aliphatic carbocycles. The van der Waals surface area contributed by atoms with Crippen molar-refractivity contribution in [1.29, 1.82) is 0 Å². The number of esters is 1. The topological polar surface area (TPSA) is 38.7 Å². The summed E-state index contributed by atoms with van der Waals surface area (Å²) in [5.41, 5.74) is 2.92. The van der Waals surface area contributed by atoms with E-state index >= 15 is 0 Å². The molecule has 1 aliphatic heterocycles. The summed E-state index contributed by atoms with van der Waals surface area (Å²) in [6.45, 7) is 4.12. The Morgan fingerprint density at radius 1 is 1.40 bits per heavy atom. The second-order valence-electron chi connectivity index (χ2n) is 5.94. The quantitative estimate of drug-likeness (QED) is 0.791. The molecule has 0 aromatic heterocycles. The number of fused-ring (bicyclic) bond motifs is 3. The van der Waals surface area contributed by atoms with E-state index in [9.17, 15) is 4.79 Å². The monoisotopic (exact) mass is 271 g/mol. The number of hydrogen-bond donors (Lipinski definition) is 0. The molecule has 1 heterocycles. The van der Waals surface area contributed by atoms with Crippen molar-refractivity contribution in [3.05, 3.63) is 35.4 Å². The smallest absolute Gasteiger partial charge is 0.331 e. The molecule has 2 atom stereocenters. The highest BCUT2D eigenvalue weighted by Gasteiger charge is 2.44. The number of carbonyl (C=O) groups is 1. The van der Waals surface area contributed by atoms with Crippen molar-refractivity contribution >= 4 is 11.7 Å². The van der Waals surface area contributed by atoms with Gasteiger partial charge < -0.3 is 4.74 Å². The average Bonchev–Trinajstić information content (AvgIpc) is 2.45. The summed E-state index contributed by atoms with van der Waals surface area (Å²) in [4.78, 5) is 16.9. The number of rotatable bonds is 3. The van der Waals surface area contributed by atoms with Crippen molar-refractivity contribution in [2.45, 2.75) is 57.6 Å². The van der Waals surface area contributed by atoms with E-state index in [1.54, 1.807) is 0 Å². The molecule has 0 fully saturated rings. The summed E-state index contributed by atoms with van der Waals surface area (Å²) in [6, 6.07) is 8.02. The predicted octanol–water partition coefficient (Wildman–Crippen LogP) is 3.30. The number of hydrogen-bond acceptors (Lipinski definition) is 3. The predicted molar refractivity (Wildman–Crippen MR) is 79.1 cm³/mol. The van der Waals surface area contributed by atoms with Crippen molar-refractivity contribution in [3.8, 4) is 0 Å². The minimum absolute atomic E-state index is 0.149. The van der Waals surface area contributed by atoms with Gasteiger partial charge in [0.15, 0.2) is 5.60 Å². The van der Waals surface area contributed by atoms with Crippen LogP contribution >= 0.6 is 0 Å². The second kappa shape index (κ2) is 5.04. The third-order valence-corrected chi connectivity index (χ3v) is 4.36. The molecule has 0 spiro atoms. The Hall–Kier alpha value is -1.64. The van der Waals surface area contributed by atoms with Crippen molar-refractivity contribution < 1.29 is 9.53 Å². The Balaban J connectivity index is 2.01. The average molecular weight is 271 g/mol. The van der Waals surface area contributed by atoms with E-state index in [0.717, 1.165) is 43.4 Å². The normalized spacial score (nSPS) is 28.2. The van der Waals surface area contributed by atoms with Gasteiger partial charge in [-0.15, -0.1) is 0 Å². The summed E-state index contributed by atoms with van der Waals surface area (Å²) in [5, 5.41) is 0. The van der Waals surface area contributed by atoms with Gasteiger partial charge in [-0.05, 0) is 31.7 Å². The van der Waals surface area contributed by atoms with Crippen LogP contribution in [0.5, 0.6) is 0 Å². The molecular formula is C17H21NO2. The first kappa shape index (κ1) is 13.3. The van der Waals surface area contributed by atoms with Crippen LogP contribution in [0.25, 0.3) is 0 Å². The SMILES string of the molecule is CCCC[C@H]1N=C2c3ccccc3CC[C@]2(C)OC1=O. The van der Waals surface area contributed by atoms with Crippen LogP contribution in [0, 0.1) is 0 Å². The van der Waals surface area contributed by atoms with E-state index < -0.39 is 5.60 Å². The third kappa shape index (κ3) is 2.15. The molecule has 106 valence electrons. The van der Waals surface area contributed by atoms with Gasteiger partial charge in [-0.2, -0.15) is 0 Å². The molecule has 0 radical (unpaired) electrons. The summed E-state index contributed by atoms with van der Waals surface area (Å²) in [7, 11) is 0. The minimum Gasteiger partial charge on any atom is -0.451 e. The molecule has 3 rings (SSSR count). The minimum atomic E-state index is -0.534. The van der Waals surface area contributed by atoms with Crippen LogP contribution in [0.3, 0.4) is 0 Å². The molecule has 0 N–H and O–H groups in total. The van der Waals surface area contributed by atoms with Crippen LogP contribution in [0.4, 0.5) is 0 Å². The highest BCUT2D eigenvalue weighted by molar-refractivity contribution is 6.11. The summed E-state index contributed by atoms with van der Waals surface area (Å²) in [5.74, 6) is -0.149. The van der Waals surface area contributed by atoms with Crippen LogP contribution in [0.1, 0.15) is 50.7 Å². The van der Waals surface area contributed by atoms with Gasteiger partial charge in [0.05, 0.1) is 5.71 Å². The van der Waals surface area contributed by atoms with E-state index in [-0.39, 0.29) is 12.0 Å². The number of carbonyl (C=O) groups excluding carboxylic acids is 1. The van der Waals surface area contributed by atoms with E-state index in [1.165, 1.54) is 5.56 Å². The van der Waals surface area contributed by atoms with Gasteiger partial charge in [0.25, 0.3) is 0 Å². The molecule has 0 saturated heterocycles. The lowest BCUT2D eigenvalue weighted by Gasteiger charge is -2.40. The maximum Gasteiger partial charge on any atom is 0.331 e. The van der Waals surface area contributed by atoms with Gasteiger partial charge in [-0.1, -0.05) is 44.0 Å². The first-order valence-corrected chi connectivity index (χ1v) is 7.53. The van der Waals surface area contributed by atoms with Gasteiger partial charge in [-0.25, -0.2) is 4.79 Å². The van der Waals surface area contributed by atoms with Crippen molar-refractivity contribution in [2.24, 2.45) is 4.99 Å². The zero-order valence-electron chi connectivity index (χ0n) is 12.2. The van der Waals surface area contributed by atoms with Crippen LogP contribution in [-0.2, 0) is 16.0 Å². The standard InChI is InChI=1S/C17H21NO2/c1-3-4-9-14-16(19)20-17(2)11-10-12-7-5-6-8-13(12)15(17)18-14/h5-8,14H,3-4,9-11H2,1-2H3/t14-,17+/m1/s1. The number of aryl methyl sites for hydroxylation is 1. The molecule has 3 heteroatoms. The Bertz CT molecular complexity index is 564. The lowest BCUT2D eigenvalue weighted by atomic mass is 9.78. The number of ether oxygens (including phenoxy) is 1. The fraction of sp³-hybridized carbons (Fsp3) is 0.529. The maximum atomic E-state index is 12.1. The molecule has 20 heavy (non-hydrogen) atoms. The van der Waals surface area contributed by atoms with E-state index in [1.807, 2.05) is 13.0 Å². The molecule has 0 amide bonds. The van der Waals surface area contributed by atoms with Crippen molar-refractivity contribution in [1.82, 2.24) is 0 Å². The molecule has 2 aliphatic rings. The van der Waals surface area contributed by atoms with Crippen LogP contribution in [0.2, 0.25) is 0 Å². The number of nitrogens with zero attached hydrogens (tertiary/aromatic N) is 1. The molecule has 1 aromatic carbocycles. The summed E-state index contributed by atoms with van der Waals surface area (Å²) >= 11 is 0. The van der Waals surface area contributed by atoms with Gasteiger partial charge in [0, 0.05) is 5.56 Å². The molecule has 0 saturated carbocycles. The molecule has 3 nitrogen and oxygen atoms in total. The van der Waals surface area contributed by atoms with Crippen molar-refractivity contribution in [2.75, 3.05) is 0 Å². The zero-order valence-corrected chi connectivity index (χ0v) is 12.2. The van der Waals surface area contributed by atoms with Gasteiger partial charge in [0.1, 0.15) is 6.04 Å². The fourth-order valence-electron chi connectivity index (χ4n) is 3.13.